The Labute approximate surface area is 168 Å². The summed E-state index contributed by atoms with van der Waals surface area (Å²) in [5.41, 5.74) is -0.541. The van der Waals surface area contributed by atoms with Gasteiger partial charge in [0.1, 0.15) is 0 Å². The number of nitrogens with one attached hydrogen (secondary N) is 1. The average molecular weight is 442 g/mol. The number of oxazole rings is 1. The molecule has 0 saturated heterocycles. The molecule has 2 aromatic carbocycles. The third-order valence-corrected chi connectivity index (χ3v) is 6.38. The minimum Gasteiger partial charge on any atom is -0.433 e. The summed E-state index contributed by atoms with van der Waals surface area (Å²) >= 11 is 0.719. The summed E-state index contributed by atoms with van der Waals surface area (Å²) in [6, 6.07) is 9.10. The van der Waals surface area contributed by atoms with Gasteiger partial charge >= 0.3 is 0 Å². The number of rotatable bonds is 6. The zero-order valence-electron chi connectivity index (χ0n) is 14.8. The Morgan fingerprint density at radius 1 is 1.10 bits per heavy atom. The average Bonchev–Trinajstić information content (AvgIpc) is 3.09. The van der Waals surface area contributed by atoms with E-state index < -0.39 is 38.9 Å². The van der Waals surface area contributed by atoms with Crippen LogP contribution < -0.4 is 5.32 Å². The van der Waals surface area contributed by atoms with Gasteiger partial charge in [-0.1, -0.05) is 30.0 Å². The minimum atomic E-state index is -3.98. The number of hydrogen-bond donors (Lipinski definition) is 1. The maximum Gasteiger partial charge on any atom is 0.234 e. The highest BCUT2D eigenvalue weighted by Crippen LogP contribution is 2.31. The minimum absolute atomic E-state index is 0.00320. The first-order chi connectivity index (χ1) is 13.7. The van der Waals surface area contributed by atoms with Gasteiger partial charge in [0.2, 0.25) is 25.9 Å². The molecule has 0 atom stereocenters. The first-order valence-corrected chi connectivity index (χ1v) is 10.5. The maximum atomic E-state index is 13.7. The molecule has 3 aromatic rings. The van der Waals surface area contributed by atoms with E-state index in [1.807, 2.05) is 0 Å². The van der Waals surface area contributed by atoms with Gasteiger partial charge in [0.25, 0.3) is 0 Å². The van der Waals surface area contributed by atoms with Gasteiger partial charge in [-0.3, -0.25) is 4.79 Å². The smallest absolute Gasteiger partial charge is 0.234 e. The van der Waals surface area contributed by atoms with E-state index in [1.54, 1.807) is 18.2 Å². The Morgan fingerprint density at radius 3 is 2.48 bits per heavy atom. The highest BCUT2D eigenvalue weighted by Gasteiger charge is 2.28. The molecule has 3 rings (SSSR count). The SMILES string of the molecule is Cc1nc(S(=O)(=O)c2ccccc2)c(SCC(=O)Nc2ccc(F)c(F)c2F)o1. The lowest BCUT2D eigenvalue weighted by Gasteiger charge is -2.07. The number of hydrogen-bond acceptors (Lipinski definition) is 6. The molecule has 0 radical (unpaired) electrons. The van der Waals surface area contributed by atoms with E-state index in [2.05, 4.69) is 10.3 Å². The van der Waals surface area contributed by atoms with Crippen molar-refractivity contribution in [1.29, 1.82) is 0 Å². The molecule has 0 unspecified atom stereocenters. The Kier molecular flexibility index (Phi) is 5.99. The second kappa shape index (κ2) is 8.29. The number of aromatic nitrogens is 1. The monoisotopic (exact) mass is 442 g/mol. The number of carbonyl (C=O) groups excluding carboxylic acids is 1. The Hall–Kier alpha value is -2.79. The van der Waals surface area contributed by atoms with Crippen molar-refractivity contribution in [2.45, 2.75) is 21.9 Å². The van der Waals surface area contributed by atoms with Crippen LogP contribution in [0.1, 0.15) is 5.89 Å². The van der Waals surface area contributed by atoms with Crippen LogP contribution in [0.15, 0.2) is 61.9 Å². The third-order valence-electron chi connectivity index (χ3n) is 3.63. The van der Waals surface area contributed by atoms with E-state index in [0.717, 1.165) is 17.8 Å². The molecule has 0 aliphatic rings. The number of aryl methyl sites for hydroxylation is 1. The number of thioether (sulfide) groups is 1. The molecule has 0 bridgehead atoms. The van der Waals surface area contributed by atoms with Gasteiger partial charge in [-0.2, -0.15) is 0 Å². The maximum absolute atomic E-state index is 13.7. The predicted octanol–water partition coefficient (Wildman–Crippen LogP) is 3.96. The van der Waals surface area contributed by atoms with Gasteiger partial charge in [0, 0.05) is 6.92 Å². The van der Waals surface area contributed by atoms with E-state index in [4.69, 9.17) is 4.42 Å². The lowest BCUT2D eigenvalue weighted by molar-refractivity contribution is -0.113. The van der Waals surface area contributed by atoms with E-state index >= 15 is 0 Å². The highest BCUT2D eigenvalue weighted by molar-refractivity contribution is 8.00. The van der Waals surface area contributed by atoms with Crippen LogP contribution >= 0.6 is 11.8 Å². The van der Waals surface area contributed by atoms with Crippen molar-refractivity contribution in [2.75, 3.05) is 11.1 Å². The molecule has 11 heteroatoms. The molecule has 0 saturated carbocycles. The summed E-state index contributed by atoms with van der Waals surface area (Å²) in [5, 5.41) is 1.62. The summed E-state index contributed by atoms with van der Waals surface area (Å²) in [6.07, 6.45) is 0. The molecule has 0 aliphatic carbocycles. The van der Waals surface area contributed by atoms with Crippen LogP contribution in [0.4, 0.5) is 18.9 Å². The quantitative estimate of drug-likeness (QED) is 0.459. The molecule has 1 aromatic heterocycles. The lowest BCUT2D eigenvalue weighted by atomic mass is 10.3. The molecule has 152 valence electrons. The van der Waals surface area contributed by atoms with Crippen molar-refractivity contribution in [3.05, 3.63) is 65.8 Å². The van der Waals surface area contributed by atoms with E-state index in [9.17, 15) is 26.4 Å². The summed E-state index contributed by atoms with van der Waals surface area (Å²) in [7, 11) is -3.98. The molecule has 1 N–H and O–H groups in total. The normalized spacial score (nSPS) is 11.4. The van der Waals surface area contributed by atoms with Crippen LogP contribution in [0.5, 0.6) is 0 Å². The van der Waals surface area contributed by atoms with E-state index in [1.165, 1.54) is 19.1 Å². The fourth-order valence-corrected chi connectivity index (χ4v) is 4.74. The second-order valence-corrected chi connectivity index (χ2v) is 8.51. The predicted molar refractivity (Wildman–Crippen MR) is 98.8 cm³/mol. The molecular weight excluding hydrogens is 429 g/mol. The molecule has 1 heterocycles. The number of benzene rings is 2. The molecule has 29 heavy (non-hydrogen) atoms. The largest absolute Gasteiger partial charge is 0.433 e. The van der Waals surface area contributed by atoms with Gasteiger partial charge in [0.15, 0.2) is 23.3 Å². The molecular formula is C18H13F3N2O4S2. The Balaban J connectivity index is 1.77. The fraction of sp³-hybridized carbons (Fsp3) is 0.111. The van der Waals surface area contributed by atoms with Crippen LogP contribution in [-0.2, 0) is 14.6 Å². The molecule has 1 amide bonds. The van der Waals surface area contributed by atoms with Crippen LogP contribution in [0.2, 0.25) is 0 Å². The van der Waals surface area contributed by atoms with Gasteiger partial charge in [-0.25, -0.2) is 26.6 Å². The van der Waals surface area contributed by atoms with E-state index in [0.29, 0.717) is 6.07 Å². The summed E-state index contributed by atoms with van der Waals surface area (Å²) in [6.45, 7) is 1.45. The molecule has 0 fully saturated rings. The van der Waals surface area contributed by atoms with Crippen LogP contribution in [-0.4, -0.2) is 25.1 Å². The first kappa shape index (κ1) is 20.9. The summed E-state index contributed by atoms with van der Waals surface area (Å²) < 4.78 is 70.7. The second-order valence-electron chi connectivity index (χ2n) is 5.70. The number of carbonyl (C=O) groups is 1. The van der Waals surface area contributed by atoms with Gasteiger partial charge < -0.3 is 9.73 Å². The standard InChI is InChI=1S/C18H13F3N2O4S2/c1-10-22-17(29(25,26)11-5-3-2-4-6-11)18(27-10)28-9-14(24)23-13-8-7-12(19)15(20)16(13)21/h2-8H,9H2,1H3,(H,23,24). The molecule has 0 spiro atoms. The zero-order chi connectivity index (χ0) is 21.2. The number of amides is 1. The number of anilines is 1. The van der Waals surface area contributed by atoms with Crippen LogP contribution in [0.3, 0.4) is 0 Å². The van der Waals surface area contributed by atoms with Crippen molar-refractivity contribution in [3.8, 4) is 0 Å². The van der Waals surface area contributed by atoms with Crippen molar-refractivity contribution in [1.82, 2.24) is 4.98 Å². The van der Waals surface area contributed by atoms with E-state index in [-0.39, 0.29) is 26.7 Å². The van der Waals surface area contributed by atoms with Gasteiger partial charge in [0.05, 0.1) is 16.3 Å². The van der Waals surface area contributed by atoms with Crippen molar-refractivity contribution >= 4 is 33.2 Å². The summed E-state index contributed by atoms with van der Waals surface area (Å²) in [4.78, 5) is 15.9. The molecule has 6 nitrogen and oxygen atoms in total. The Morgan fingerprint density at radius 2 is 1.79 bits per heavy atom. The summed E-state index contributed by atoms with van der Waals surface area (Å²) in [5.74, 6) is -5.72. The number of halogens is 3. The van der Waals surface area contributed by atoms with Crippen LogP contribution in [0, 0.1) is 24.4 Å². The number of nitrogens with zero attached hydrogens (tertiary/aromatic N) is 1. The highest BCUT2D eigenvalue weighted by atomic mass is 32.2. The van der Waals surface area contributed by atoms with Crippen molar-refractivity contribution < 1.29 is 30.8 Å². The lowest BCUT2D eigenvalue weighted by Crippen LogP contribution is -2.16. The van der Waals surface area contributed by atoms with Gasteiger partial charge in [-0.15, -0.1) is 0 Å². The molecule has 0 aliphatic heterocycles. The zero-order valence-corrected chi connectivity index (χ0v) is 16.4. The Bertz CT molecular complexity index is 1170. The third kappa shape index (κ3) is 4.46. The number of sulfone groups is 1. The topological polar surface area (TPSA) is 89.3 Å². The van der Waals surface area contributed by atoms with Gasteiger partial charge in [-0.05, 0) is 24.3 Å². The fourth-order valence-electron chi connectivity index (χ4n) is 2.30. The van der Waals surface area contributed by atoms with Crippen LogP contribution in [0.25, 0.3) is 0 Å². The first-order valence-electron chi connectivity index (χ1n) is 8.04. The van der Waals surface area contributed by atoms with Crippen molar-refractivity contribution in [2.24, 2.45) is 0 Å². The van der Waals surface area contributed by atoms with Crippen molar-refractivity contribution in [3.63, 3.8) is 0 Å².